The Bertz CT molecular complexity index is 774. The smallest absolute Gasteiger partial charge is 0.256 e. The summed E-state index contributed by atoms with van der Waals surface area (Å²) < 4.78 is 0. The highest BCUT2D eigenvalue weighted by atomic mass is 16.2. The van der Waals surface area contributed by atoms with Crippen LogP contribution in [0, 0.1) is 0 Å². The fraction of sp³-hybridized carbons (Fsp3) is 0.667. The predicted octanol–water partition coefficient (Wildman–Crippen LogP) is 2.17. The van der Waals surface area contributed by atoms with Gasteiger partial charge in [-0.15, -0.1) is 0 Å². The Labute approximate surface area is 191 Å². The van der Waals surface area contributed by atoms with Crippen molar-refractivity contribution in [1.82, 2.24) is 9.80 Å². The topological polar surface area (TPSA) is 127 Å². The number of amides is 4. The van der Waals surface area contributed by atoms with Gasteiger partial charge in [0.1, 0.15) is 0 Å². The van der Waals surface area contributed by atoms with E-state index >= 15 is 0 Å². The van der Waals surface area contributed by atoms with E-state index in [2.05, 4.69) is 0 Å². The zero-order valence-corrected chi connectivity index (χ0v) is 19.5. The van der Waals surface area contributed by atoms with Gasteiger partial charge in [-0.1, -0.05) is 38.5 Å². The molecule has 4 N–H and O–H groups in total. The molecule has 32 heavy (non-hydrogen) atoms. The van der Waals surface area contributed by atoms with Crippen LogP contribution in [0.2, 0.25) is 0 Å². The molecule has 2 atom stereocenters. The van der Waals surface area contributed by atoms with Gasteiger partial charge in [0.05, 0.1) is 6.04 Å². The van der Waals surface area contributed by atoms with Crippen molar-refractivity contribution in [3.05, 3.63) is 23.3 Å². The zero-order chi connectivity index (χ0) is 23.7. The second-order valence-corrected chi connectivity index (χ2v) is 8.89. The van der Waals surface area contributed by atoms with Crippen LogP contribution in [-0.2, 0) is 19.2 Å². The minimum absolute atomic E-state index is 0.226. The molecule has 178 valence electrons. The van der Waals surface area contributed by atoms with Crippen molar-refractivity contribution >= 4 is 23.6 Å². The summed E-state index contributed by atoms with van der Waals surface area (Å²) in [6.07, 6.45) is 11.6. The molecule has 2 unspecified atom stereocenters. The van der Waals surface area contributed by atoms with Crippen LogP contribution in [0.25, 0.3) is 0 Å². The molecule has 2 rings (SSSR count). The van der Waals surface area contributed by atoms with Crippen molar-refractivity contribution in [2.45, 2.75) is 90.1 Å². The SMILES string of the molecule is CC1=CC(=O)N(CCCCCC(C(N)CCCCCCCN)N2C(=O)C=C(C)C2=O)C1=O. The van der Waals surface area contributed by atoms with Crippen LogP contribution < -0.4 is 11.5 Å². The van der Waals surface area contributed by atoms with Gasteiger partial charge < -0.3 is 11.5 Å². The Balaban J connectivity index is 1.84. The molecule has 0 aromatic carbocycles. The molecule has 0 aliphatic carbocycles. The Morgan fingerprint density at radius 2 is 1.31 bits per heavy atom. The third-order valence-corrected chi connectivity index (χ3v) is 6.27. The van der Waals surface area contributed by atoms with E-state index in [0.29, 0.717) is 37.1 Å². The number of carbonyl (C=O) groups is 4. The van der Waals surface area contributed by atoms with Crippen LogP contribution in [0.5, 0.6) is 0 Å². The summed E-state index contributed by atoms with van der Waals surface area (Å²) in [6.45, 7) is 4.39. The molecule has 8 heteroatoms. The number of rotatable bonds is 15. The molecule has 0 aromatic heterocycles. The first-order valence-electron chi connectivity index (χ1n) is 11.8. The Morgan fingerprint density at radius 1 is 0.750 bits per heavy atom. The molecule has 8 nitrogen and oxygen atoms in total. The Kier molecular flexibility index (Phi) is 10.3. The fourth-order valence-electron chi connectivity index (χ4n) is 4.35. The Hall–Kier alpha value is -2.32. The molecule has 0 aromatic rings. The van der Waals surface area contributed by atoms with Crippen LogP contribution in [0.1, 0.15) is 78.1 Å². The van der Waals surface area contributed by atoms with E-state index in [-0.39, 0.29) is 35.7 Å². The normalized spacial score (nSPS) is 18.5. The van der Waals surface area contributed by atoms with Crippen LogP contribution in [0.3, 0.4) is 0 Å². The lowest BCUT2D eigenvalue weighted by Gasteiger charge is -2.32. The average molecular weight is 447 g/mol. The molecular formula is C24H38N4O4. The zero-order valence-electron chi connectivity index (χ0n) is 19.5. The molecule has 0 spiro atoms. The summed E-state index contributed by atoms with van der Waals surface area (Å²) in [7, 11) is 0. The third kappa shape index (κ3) is 6.84. The van der Waals surface area contributed by atoms with E-state index in [9.17, 15) is 19.2 Å². The van der Waals surface area contributed by atoms with Crippen molar-refractivity contribution in [1.29, 1.82) is 0 Å². The largest absolute Gasteiger partial charge is 0.330 e. The quantitative estimate of drug-likeness (QED) is 0.293. The minimum Gasteiger partial charge on any atom is -0.330 e. The van der Waals surface area contributed by atoms with Crippen LogP contribution in [0.15, 0.2) is 23.3 Å². The highest BCUT2D eigenvalue weighted by Gasteiger charge is 2.37. The second kappa shape index (κ2) is 12.6. The summed E-state index contributed by atoms with van der Waals surface area (Å²) >= 11 is 0. The fourth-order valence-corrected chi connectivity index (χ4v) is 4.35. The number of carbonyl (C=O) groups excluding carboxylic acids is 4. The van der Waals surface area contributed by atoms with Crippen molar-refractivity contribution in [2.75, 3.05) is 13.1 Å². The van der Waals surface area contributed by atoms with Gasteiger partial charge in [0.15, 0.2) is 0 Å². The van der Waals surface area contributed by atoms with Gasteiger partial charge in [0.2, 0.25) is 0 Å². The van der Waals surface area contributed by atoms with Gasteiger partial charge >= 0.3 is 0 Å². The first-order valence-corrected chi connectivity index (χ1v) is 11.8. The average Bonchev–Trinajstić information content (AvgIpc) is 3.14. The van der Waals surface area contributed by atoms with Gasteiger partial charge in [-0.2, -0.15) is 0 Å². The summed E-state index contributed by atoms with van der Waals surface area (Å²) in [5, 5.41) is 0. The van der Waals surface area contributed by atoms with Gasteiger partial charge in [-0.3, -0.25) is 29.0 Å². The van der Waals surface area contributed by atoms with Gasteiger partial charge in [-0.05, 0) is 46.1 Å². The minimum atomic E-state index is -0.341. The van der Waals surface area contributed by atoms with Crippen molar-refractivity contribution < 1.29 is 19.2 Å². The molecule has 4 amide bonds. The van der Waals surface area contributed by atoms with E-state index < -0.39 is 0 Å². The standard InChI is InChI=1S/C24H38N4O4/c1-17-15-21(29)27(23(17)31)14-10-6-8-12-20(28-22(30)16-18(2)24(28)32)19(26)11-7-4-3-5-9-13-25/h15-16,19-20H,3-14,25-26H2,1-2H3. The van der Waals surface area contributed by atoms with E-state index in [1.807, 2.05) is 0 Å². The van der Waals surface area contributed by atoms with Gasteiger partial charge in [-0.25, -0.2) is 0 Å². The first kappa shape index (κ1) is 25.9. The molecule has 2 heterocycles. The van der Waals surface area contributed by atoms with Gasteiger partial charge in [0.25, 0.3) is 23.6 Å². The molecule has 0 saturated carbocycles. The number of unbranched alkanes of at least 4 members (excludes halogenated alkanes) is 6. The maximum absolute atomic E-state index is 12.6. The summed E-state index contributed by atoms with van der Waals surface area (Å²) in [5.74, 6) is -1.02. The first-order chi connectivity index (χ1) is 15.3. The molecule has 0 saturated heterocycles. The summed E-state index contributed by atoms with van der Waals surface area (Å²) in [4.78, 5) is 51.4. The lowest BCUT2D eigenvalue weighted by Crippen LogP contribution is -2.50. The summed E-state index contributed by atoms with van der Waals surface area (Å²) in [6, 6.07) is -0.614. The van der Waals surface area contributed by atoms with Crippen molar-refractivity contribution in [3.63, 3.8) is 0 Å². The highest BCUT2D eigenvalue weighted by molar-refractivity contribution is 6.16. The predicted molar refractivity (Wildman–Crippen MR) is 123 cm³/mol. The van der Waals surface area contributed by atoms with Crippen LogP contribution >= 0.6 is 0 Å². The second-order valence-electron chi connectivity index (χ2n) is 8.89. The molecule has 0 fully saturated rings. The molecule has 0 radical (unpaired) electrons. The lowest BCUT2D eigenvalue weighted by molar-refractivity contribution is -0.141. The van der Waals surface area contributed by atoms with Crippen molar-refractivity contribution in [3.8, 4) is 0 Å². The number of imide groups is 2. The molecule has 0 bridgehead atoms. The third-order valence-electron chi connectivity index (χ3n) is 6.27. The molecule has 2 aliphatic heterocycles. The van der Waals surface area contributed by atoms with E-state index in [1.54, 1.807) is 13.8 Å². The van der Waals surface area contributed by atoms with Crippen molar-refractivity contribution in [2.24, 2.45) is 11.5 Å². The maximum atomic E-state index is 12.6. The monoisotopic (exact) mass is 446 g/mol. The molecular weight excluding hydrogens is 408 g/mol. The number of nitrogens with zero attached hydrogens (tertiary/aromatic N) is 2. The van der Waals surface area contributed by atoms with E-state index in [4.69, 9.17) is 11.5 Å². The Morgan fingerprint density at radius 3 is 1.91 bits per heavy atom. The highest BCUT2D eigenvalue weighted by Crippen LogP contribution is 2.24. The lowest BCUT2D eigenvalue weighted by atomic mass is 9.95. The summed E-state index contributed by atoms with van der Waals surface area (Å²) in [5.41, 5.74) is 12.9. The van der Waals surface area contributed by atoms with Crippen LogP contribution in [-0.4, -0.2) is 58.6 Å². The maximum Gasteiger partial charge on any atom is 0.256 e. The number of hydrogen-bond acceptors (Lipinski definition) is 6. The van der Waals surface area contributed by atoms with E-state index in [0.717, 1.165) is 51.4 Å². The van der Waals surface area contributed by atoms with Gasteiger partial charge in [0, 0.05) is 35.9 Å². The molecule has 2 aliphatic rings. The number of hydrogen-bond donors (Lipinski definition) is 2. The number of nitrogens with two attached hydrogens (primary N) is 2. The van der Waals surface area contributed by atoms with E-state index in [1.165, 1.54) is 22.0 Å². The van der Waals surface area contributed by atoms with Crippen LogP contribution in [0.4, 0.5) is 0 Å².